The zero-order valence-electron chi connectivity index (χ0n) is 50.6. The van der Waals surface area contributed by atoms with Gasteiger partial charge in [0.1, 0.15) is 49.3 Å². The predicted octanol–water partition coefficient (Wildman–Crippen LogP) is 4.51. The Labute approximate surface area is 533 Å². The molecule has 25 nitrogen and oxygen atoms in total. The number of benzene rings is 3. The lowest BCUT2D eigenvalue weighted by Gasteiger charge is -2.67. The van der Waals surface area contributed by atoms with Gasteiger partial charge in [0.25, 0.3) is 5.91 Å². The van der Waals surface area contributed by atoms with Gasteiger partial charge in [-0.15, -0.1) is 0 Å². The van der Waals surface area contributed by atoms with E-state index < -0.39 is 174 Å². The molecule has 2 bridgehead atoms. The molecule has 9 rings (SSSR count). The second-order valence-electron chi connectivity index (χ2n) is 23.5. The fourth-order valence-corrected chi connectivity index (χ4v) is 14.6. The minimum absolute atomic E-state index is 0.0281. The lowest BCUT2D eigenvalue weighted by molar-refractivity contribution is -0.346. The molecule has 3 heterocycles. The number of ketones is 1. The van der Waals surface area contributed by atoms with Crippen LogP contribution in [0, 0.1) is 16.7 Å². The third kappa shape index (κ3) is 13.4. The highest BCUT2D eigenvalue weighted by Gasteiger charge is 2.79. The van der Waals surface area contributed by atoms with Gasteiger partial charge >= 0.3 is 47.6 Å². The number of halogens is 2. The number of nitrogens with one attached hydrogen (secondary N) is 1. The van der Waals surface area contributed by atoms with Crippen LogP contribution in [0.5, 0.6) is 0 Å². The molecule has 1 amide bonds. The Kier molecular flexibility index (Phi) is 20.8. The van der Waals surface area contributed by atoms with Crippen molar-refractivity contribution in [3.8, 4) is 0 Å². The van der Waals surface area contributed by atoms with Crippen LogP contribution in [-0.2, 0) is 73.0 Å². The first-order valence-corrected chi connectivity index (χ1v) is 31.7. The van der Waals surface area contributed by atoms with E-state index in [-0.39, 0.29) is 59.1 Å². The van der Waals surface area contributed by atoms with Crippen molar-refractivity contribution < 1.29 is 110 Å². The maximum atomic E-state index is 16.3. The van der Waals surface area contributed by atoms with Crippen molar-refractivity contribution in [3.63, 3.8) is 0 Å². The number of aromatic nitrogens is 2. The predicted molar refractivity (Wildman–Crippen MR) is 318 cm³/mol. The average Bonchev–Trinajstić information content (AvgIpc) is 0.748. The molecule has 2 saturated heterocycles. The number of ether oxygens (including phenoxy) is 9. The molecule has 1 aromatic heterocycles. The largest absolute Gasteiger partial charge is 0.508 e. The fourth-order valence-electron chi connectivity index (χ4n) is 13.0. The number of aliphatic hydroxyl groups is 4. The van der Waals surface area contributed by atoms with E-state index in [1.165, 1.54) is 73.5 Å². The summed E-state index contributed by atoms with van der Waals surface area (Å²) in [6.45, 7) is 6.11. The second-order valence-corrected chi connectivity index (χ2v) is 26.2. The molecule has 4 aromatic rings. The molecule has 5 aliphatic rings. The number of fused-ring (bicyclic) bond motifs is 5. The van der Waals surface area contributed by atoms with Gasteiger partial charge in [0.05, 0.1) is 48.3 Å². The van der Waals surface area contributed by atoms with E-state index in [2.05, 4.69) is 10.3 Å². The number of carbonyl (C=O) groups excluding carboxylic acids is 8. The van der Waals surface area contributed by atoms with Crippen LogP contribution in [0.15, 0.2) is 119 Å². The summed E-state index contributed by atoms with van der Waals surface area (Å²) in [6.07, 6.45) is -18.9. The Morgan fingerprint density at radius 1 is 0.826 bits per heavy atom. The van der Waals surface area contributed by atoms with Gasteiger partial charge in [-0.05, 0) is 60.9 Å². The molecule has 2 saturated carbocycles. The van der Waals surface area contributed by atoms with Crippen LogP contribution >= 0.6 is 21.6 Å². The lowest BCUT2D eigenvalue weighted by Crippen LogP contribution is -2.82. The topological polar surface area (TPSA) is 347 Å². The van der Waals surface area contributed by atoms with Gasteiger partial charge in [-0.2, -0.15) is 13.8 Å². The zero-order valence-corrected chi connectivity index (χ0v) is 52.3. The Bertz CT molecular complexity index is 3530. The first-order valence-electron chi connectivity index (χ1n) is 29.3. The number of alkyl halides is 2. The highest BCUT2D eigenvalue weighted by Crippen LogP contribution is 2.65. The number of nitrogens with zero attached hydrogens (tertiary/aromatic N) is 2. The molecule has 3 aromatic carbocycles. The smallest absolute Gasteiger partial charge is 0.464 e. The molecule has 92 heavy (non-hydrogen) atoms. The van der Waals surface area contributed by atoms with Crippen molar-refractivity contribution in [2.24, 2.45) is 16.7 Å². The van der Waals surface area contributed by atoms with Crippen molar-refractivity contribution in [3.05, 3.63) is 147 Å². The first-order chi connectivity index (χ1) is 43.6. The molecule has 2 aliphatic heterocycles. The maximum Gasteiger partial charge on any atom is 0.508 e. The lowest BCUT2D eigenvalue weighted by atomic mass is 9.44. The quantitative estimate of drug-likeness (QED) is 0.0238. The van der Waals surface area contributed by atoms with Crippen LogP contribution in [0.4, 0.5) is 13.6 Å². The number of amides is 1. The van der Waals surface area contributed by atoms with Crippen molar-refractivity contribution in [1.82, 2.24) is 14.9 Å². The minimum atomic E-state index is -3.94. The van der Waals surface area contributed by atoms with Crippen LogP contribution in [0.1, 0.15) is 98.6 Å². The van der Waals surface area contributed by atoms with E-state index >= 15 is 4.79 Å². The summed E-state index contributed by atoms with van der Waals surface area (Å²) in [5.74, 6) is -12.1. The number of carbonyl (C=O) groups is 8. The fraction of sp³-hybridized carbons (Fsp3) is 0.492. The van der Waals surface area contributed by atoms with Crippen LogP contribution in [-0.4, -0.2) is 182 Å². The van der Waals surface area contributed by atoms with E-state index in [9.17, 15) is 67.6 Å². The van der Waals surface area contributed by atoms with E-state index in [0.717, 1.165) is 26.1 Å². The van der Waals surface area contributed by atoms with Gasteiger partial charge in [0, 0.05) is 55.4 Å². The third-order valence-electron chi connectivity index (χ3n) is 17.6. The number of rotatable bonds is 22. The molecule has 4 fully saturated rings. The molecule has 14 atom stereocenters. The van der Waals surface area contributed by atoms with Gasteiger partial charge in [0.15, 0.2) is 29.7 Å². The summed E-state index contributed by atoms with van der Waals surface area (Å²) in [5.41, 5.74) is -9.56. The maximum absolute atomic E-state index is 16.3. The Hall–Kier alpha value is -7.64. The van der Waals surface area contributed by atoms with Crippen molar-refractivity contribution in [2.75, 3.05) is 37.9 Å². The molecule has 29 heteroatoms. The van der Waals surface area contributed by atoms with Gasteiger partial charge in [-0.25, -0.2) is 19.2 Å². The molecule has 3 aliphatic carbocycles. The monoisotopic (exact) mass is 1320 g/mol. The van der Waals surface area contributed by atoms with Gasteiger partial charge in [-0.1, -0.05) is 102 Å². The number of aliphatic hydroxyl groups excluding tert-OH is 3. The zero-order chi connectivity index (χ0) is 66.7. The number of hydrogen-bond donors (Lipinski definition) is 5. The highest BCUT2D eigenvalue weighted by atomic mass is 33.1. The molecule has 0 spiro atoms. The Morgan fingerprint density at radius 2 is 1.45 bits per heavy atom. The van der Waals surface area contributed by atoms with Crippen molar-refractivity contribution in [1.29, 1.82) is 0 Å². The summed E-state index contributed by atoms with van der Waals surface area (Å²) in [4.78, 5) is 129. The van der Waals surface area contributed by atoms with E-state index in [0.29, 0.717) is 10.1 Å². The Morgan fingerprint density at radius 3 is 2.02 bits per heavy atom. The second kappa shape index (κ2) is 27.9. The average molecular weight is 1320 g/mol. The van der Waals surface area contributed by atoms with Crippen LogP contribution in [0.2, 0.25) is 0 Å². The normalized spacial score (nSPS) is 29.0. The molecule has 0 radical (unpaired) electrons. The summed E-state index contributed by atoms with van der Waals surface area (Å²) in [5, 5.41) is 47.9. The Balaban J connectivity index is 0.957. The molecule has 494 valence electrons. The summed E-state index contributed by atoms with van der Waals surface area (Å²) in [6, 6.07) is 23.4. The van der Waals surface area contributed by atoms with Gasteiger partial charge in [0.2, 0.25) is 6.23 Å². The third-order valence-corrected chi connectivity index (χ3v) is 19.9. The van der Waals surface area contributed by atoms with Gasteiger partial charge < -0.3 is 68.4 Å². The summed E-state index contributed by atoms with van der Waals surface area (Å²) in [7, 11) is 2.40. The standard InChI is InChI=1S/C63H69F2N3O22S2/c1-33-40(86-55(78)47(73)46(36-16-10-7-11-17-36)67-53(76)37-18-12-8-13-19-37)30-62(81)52(89-54(77)38-20-14-9-15-21-38)49-60(6,51(75)48(85-34(2)70)45(33)59(62,4)5)42(29-43-61(49,32-84-43)90-35(3)71)88-58(80)83-25-27-92-91-26-24-82-44(72)28-39-22-23-68(57(79)66-39)56-63(64,65)50(74)41(31-69)87-56/h7-23,40-43,46-50,52,56,69,73-74,81H,24-32H2,1-6H3,(H,67,76)/t40?,41?,42-,43+,46-,47+,48+,49-,50?,52-,56?,60+,61-,62+/m0/s1. The first kappa shape index (κ1) is 68.7. The van der Waals surface area contributed by atoms with E-state index in [1.54, 1.807) is 66.7 Å². The molecule has 4 unspecified atom stereocenters. The minimum Gasteiger partial charge on any atom is -0.464 e. The van der Waals surface area contributed by atoms with E-state index in [4.69, 9.17) is 42.6 Å². The van der Waals surface area contributed by atoms with Crippen LogP contribution in [0.25, 0.3) is 0 Å². The summed E-state index contributed by atoms with van der Waals surface area (Å²) < 4.78 is 82.6. The molecular formula is C63H69F2N3O22S2. The van der Waals surface area contributed by atoms with Gasteiger partial charge in [-0.3, -0.25) is 28.5 Å². The van der Waals surface area contributed by atoms with Crippen LogP contribution < -0.4 is 11.0 Å². The number of esters is 5. The number of Topliss-reactive ketones (excluding diaryl/α,β-unsaturated/α-hetero) is 1. The van der Waals surface area contributed by atoms with E-state index in [1.807, 2.05) is 0 Å². The molecular weight excluding hydrogens is 1250 g/mol. The van der Waals surface area contributed by atoms with Crippen molar-refractivity contribution in [2.45, 2.75) is 139 Å². The SMILES string of the molecule is CC(=O)O[C@H]1C(=O)[C@]2(C)[C@@H](OC(=O)OCCSSCCOC(=O)Cc3ccn(C4OC(CO)C(O)C4(F)F)c(=O)n3)C[C@H]3OC[C@@]3(OC(C)=O)[C@H]2[C@H](OC(=O)c2ccccc2)[C@]2(O)CC(OC(=O)[C@H](O)[C@@H](NC(=O)c3ccccc3)c3ccccc3)C(C)=C1C2(C)C. The van der Waals surface area contributed by atoms with Crippen LogP contribution in [0.3, 0.4) is 0 Å². The number of hydrogen-bond acceptors (Lipinski definition) is 25. The summed E-state index contributed by atoms with van der Waals surface area (Å²) >= 11 is 0. The highest BCUT2D eigenvalue weighted by molar-refractivity contribution is 8.76. The molecule has 5 N–H and O–H groups in total. The van der Waals surface area contributed by atoms with Crippen molar-refractivity contribution >= 4 is 69.3 Å².